The Hall–Kier alpha value is -1.33. The molecule has 23 heavy (non-hydrogen) atoms. The van der Waals surface area contributed by atoms with Gasteiger partial charge in [-0.05, 0) is 49.4 Å². The molecule has 3 nitrogen and oxygen atoms in total. The molecule has 1 N–H and O–H groups in total. The molecule has 0 fully saturated rings. The van der Waals surface area contributed by atoms with Gasteiger partial charge in [0, 0.05) is 17.9 Å². The zero-order valence-electron chi connectivity index (χ0n) is 14.3. The predicted octanol–water partition coefficient (Wildman–Crippen LogP) is 4.63. The van der Waals surface area contributed by atoms with Crippen molar-refractivity contribution in [3.8, 4) is 0 Å². The number of imidazole rings is 1. The van der Waals surface area contributed by atoms with E-state index in [1.807, 2.05) is 0 Å². The second kappa shape index (κ2) is 7.97. The number of benzene rings is 1. The van der Waals surface area contributed by atoms with Crippen LogP contribution in [0.25, 0.3) is 0 Å². The van der Waals surface area contributed by atoms with Gasteiger partial charge in [0.05, 0.1) is 5.69 Å². The number of hydrogen-bond acceptors (Lipinski definition) is 3. The quantitative estimate of drug-likeness (QED) is 0.801. The Morgan fingerprint density at radius 3 is 2.39 bits per heavy atom. The fourth-order valence-electron chi connectivity index (χ4n) is 2.64. The van der Waals surface area contributed by atoms with E-state index in [4.69, 9.17) is 5.11 Å². The van der Waals surface area contributed by atoms with E-state index in [2.05, 4.69) is 50.9 Å². The van der Waals surface area contributed by atoms with Crippen LogP contribution in [0.2, 0.25) is 0 Å². The van der Waals surface area contributed by atoms with Crippen LogP contribution in [0.1, 0.15) is 48.8 Å². The summed E-state index contributed by atoms with van der Waals surface area (Å²) in [5.41, 5.74) is 3.33. The van der Waals surface area contributed by atoms with Gasteiger partial charge in [-0.25, -0.2) is 9.37 Å². The standard InChI is InChI=1S/C18H25FN2OS/c1-12(2)17-18(21(11-19)16(20-17)6-5-7-22)23-15-9-13(3)8-14(4)10-15/h8-10,12,22H,5-7,11H2,1-4H3. The summed E-state index contributed by atoms with van der Waals surface area (Å²) in [5.74, 6) is 0.946. The predicted molar refractivity (Wildman–Crippen MR) is 92.9 cm³/mol. The molecule has 0 saturated heterocycles. The highest BCUT2D eigenvalue weighted by Gasteiger charge is 2.20. The number of nitrogens with zero attached hydrogens (tertiary/aromatic N) is 2. The summed E-state index contributed by atoms with van der Waals surface area (Å²) >= 11 is 1.57. The lowest BCUT2D eigenvalue weighted by Crippen LogP contribution is -2.03. The average Bonchev–Trinajstić information content (AvgIpc) is 2.81. The molecule has 5 heteroatoms. The van der Waals surface area contributed by atoms with Crippen molar-refractivity contribution >= 4 is 11.8 Å². The first-order valence-corrected chi connectivity index (χ1v) is 8.80. The van der Waals surface area contributed by atoms with Crippen LogP contribution in [-0.2, 0) is 13.2 Å². The molecule has 2 aromatic rings. The van der Waals surface area contributed by atoms with Crippen molar-refractivity contribution in [1.29, 1.82) is 0 Å². The average molecular weight is 336 g/mol. The lowest BCUT2D eigenvalue weighted by molar-refractivity contribution is 0.284. The first kappa shape index (κ1) is 18.0. The summed E-state index contributed by atoms with van der Waals surface area (Å²) in [6.45, 7) is 7.79. The Labute approximate surface area is 141 Å². The lowest BCUT2D eigenvalue weighted by Gasteiger charge is -2.11. The van der Waals surface area contributed by atoms with Crippen LogP contribution in [0.5, 0.6) is 0 Å². The molecule has 0 aliphatic carbocycles. The van der Waals surface area contributed by atoms with Gasteiger partial charge < -0.3 is 5.11 Å². The van der Waals surface area contributed by atoms with E-state index in [0.29, 0.717) is 12.8 Å². The van der Waals surface area contributed by atoms with Crippen molar-refractivity contribution in [2.45, 2.75) is 63.2 Å². The van der Waals surface area contributed by atoms with E-state index in [1.54, 1.807) is 16.3 Å². The van der Waals surface area contributed by atoms with Crippen molar-refractivity contribution in [3.63, 3.8) is 0 Å². The Morgan fingerprint density at radius 2 is 1.87 bits per heavy atom. The molecule has 1 aromatic carbocycles. The van der Waals surface area contributed by atoms with Crippen molar-refractivity contribution in [1.82, 2.24) is 9.55 Å². The van der Waals surface area contributed by atoms with E-state index in [-0.39, 0.29) is 12.5 Å². The summed E-state index contributed by atoms with van der Waals surface area (Å²) < 4.78 is 15.3. The Balaban J connectivity index is 2.43. The largest absolute Gasteiger partial charge is 0.396 e. The van der Waals surface area contributed by atoms with E-state index >= 15 is 0 Å². The number of halogens is 1. The van der Waals surface area contributed by atoms with Gasteiger partial charge in [-0.3, -0.25) is 4.57 Å². The third-order valence-electron chi connectivity index (χ3n) is 3.66. The number of aliphatic hydroxyl groups excluding tert-OH is 1. The SMILES string of the molecule is Cc1cc(C)cc(Sc2c(C(C)C)nc(CCCO)n2CF)c1. The molecule has 0 unspecified atom stereocenters. The van der Waals surface area contributed by atoms with Crippen molar-refractivity contribution < 1.29 is 9.50 Å². The normalized spacial score (nSPS) is 11.4. The Kier molecular flexibility index (Phi) is 6.25. The molecule has 2 rings (SSSR count). The second-order valence-corrected chi connectivity index (χ2v) is 7.24. The number of rotatable bonds is 7. The fraction of sp³-hybridized carbons (Fsp3) is 0.500. The highest BCUT2D eigenvalue weighted by Crippen LogP contribution is 2.36. The number of hydrogen-bond donors (Lipinski definition) is 1. The first-order chi connectivity index (χ1) is 11.0. The van der Waals surface area contributed by atoms with Crippen molar-refractivity contribution in [3.05, 3.63) is 40.8 Å². The van der Waals surface area contributed by atoms with E-state index in [0.717, 1.165) is 21.4 Å². The van der Waals surface area contributed by atoms with Gasteiger partial charge in [0.1, 0.15) is 10.9 Å². The number of aliphatic hydroxyl groups is 1. The van der Waals surface area contributed by atoms with Crippen LogP contribution in [0.4, 0.5) is 4.39 Å². The van der Waals surface area contributed by atoms with Crippen LogP contribution in [-0.4, -0.2) is 21.3 Å². The molecular formula is C18H25FN2OS. The number of aryl methyl sites for hydroxylation is 3. The van der Waals surface area contributed by atoms with Crippen LogP contribution in [0, 0.1) is 13.8 Å². The third kappa shape index (κ3) is 4.36. The number of aromatic nitrogens is 2. The van der Waals surface area contributed by atoms with E-state index in [9.17, 15) is 4.39 Å². The fourth-order valence-corrected chi connectivity index (χ4v) is 4.00. The molecular weight excluding hydrogens is 311 g/mol. The van der Waals surface area contributed by atoms with E-state index in [1.165, 1.54) is 11.1 Å². The van der Waals surface area contributed by atoms with Crippen LogP contribution < -0.4 is 0 Å². The van der Waals surface area contributed by atoms with Gasteiger partial charge in [0.2, 0.25) is 0 Å². The molecule has 0 aliphatic rings. The molecule has 0 amide bonds. The minimum Gasteiger partial charge on any atom is -0.396 e. The van der Waals surface area contributed by atoms with Gasteiger partial charge in [0.25, 0.3) is 0 Å². The van der Waals surface area contributed by atoms with Crippen LogP contribution >= 0.6 is 11.8 Å². The van der Waals surface area contributed by atoms with Gasteiger partial charge in [-0.1, -0.05) is 31.7 Å². The molecule has 126 valence electrons. The highest BCUT2D eigenvalue weighted by molar-refractivity contribution is 7.99. The zero-order chi connectivity index (χ0) is 17.0. The molecule has 0 aliphatic heterocycles. The Morgan fingerprint density at radius 1 is 1.22 bits per heavy atom. The second-order valence-electron chi connectivity index (χ2n) is 6.17. The third-order valence-corrected chi connectivity index (χ3v) is 4.75. The summed E-state index contributed by atoms with van der Waals surface area (Å²) in [6, 6.07) is 6.36. The maximum Gasteiger partial charge on any atom is 0.167 e. The minimum absolute atomic E-state index is 0.0930. The topological polar surface area (TPSA) is 38.1 Å². The zero-order valence-corrected chi connectivity index (χ0v) is 15.1. The molecule has 0 bridgehead atoms. The monoisotopic (exact) mass is 336 g/mol. The lowest BCUT2D eigenvalue weighted by atomic mass is 10.1. The maximum atomic E-state index is 13.7. The molecule has 0 radical (unpaired) electrons. The first-order valence-electron chi connectivity index (χ1n) is 7.98. The summed E-state index contributed by atoms with van der Waals surface area (Å²) in [4.78, 5) is 5.75. The van der Waals surface area contributed by atoms with Crippen molar-refractivity contribution in [2.75, 3.05) is 6.61 Å². The van der Waals surface area contributed by atoms with Crippen LogP contribution in [0.15, 0.2) is 28.1 Å². The summed E-state index contributed by atoms with van der Waals surface area (Å²) in [5, 5.41) is 9.91. The summed E-state index contributed by atoms with van der Waals surface area (Å²) in [7, 11) is 0. The smallest absolute Gasteiger partial charge is 0.167 e. The minimum atomic E-state index is -0.590. The van der Waals surface area contributed by atoms with Gasteiger partial charge in [-0.2, -0.15) is 0 Å². The Bertz CT molecular complexity index is 647. The van der Waals surface area contributed by atoms with Gasteiger partial charge >= 0.3 is 0 Å². The van der Waals surface area contributed by atoms with E-state index < -0.39 is 6.80 Å². The molecule has 1 aromatic heterocycles. The summed E-state index contributed by atoms with van der Waals surface area (Å²) in [6.07, 6.45) is 1.19. The highest BCUT2D eigenvalue weighted by atomic mass is 32.2. The van der Waals surface area contributed by atoms with Crippen LogP contribution in [0.3, 0.4) is 0 Å². The maximum absolute atomic E-state index is 13.7. The molecule has 0 atom stereocenters. The van der Waals surface area contributed by atoms with Gasteiger partial charge in [0.15, 0.2) is 6.80 Å². The van der Waals surface area contributed by atoms with Crippen molar-refractivity contribution in [2.24, 2.45) is 0 Å². The molecule has 0 saturated carbocycles. The molecule has 1 heterocycles. The number of alkyl halides is 1. The van der Waals surface area contributed by atoms with Gasteiger partial charge in [-0.15, -0.1) is 0 Å². The molecule has 0 spiro atoms.